The van der Waals surface area contributed by atoms with Crippen molar-refractivity contribution in [2.75, 3.05) is 5.01 Å². The van der Waals surface area contributed by atoms with E-state index >= 15 is 0 Å². The SMILES string of the molecule is NC1=NN(c2ccccc2)C=CC1C(=O)C1CCCCC1. The van der Waals surface area contributed by atoms with E-state index in [0.717, 1.165) is 31.4 Å². The van der Waals surface area contributed by atoms with Gasteiger partial charge in [-0.15, -0.1) is 0 Å². The van der Waals surface area contributed by atoms with E-state index in [1.165, 1.54) is 6.42 Å². The second-order valence-corrected chi connectivity index (χ2v) is 5.76. The zero-order valence-corrected chi connectivity index (χ0v) is 12.1. The van der Waals surface area contributed by atoms with Gasteiger partial charge < -0.3 is 5.73 Å². The third-order valence-corrected chi connectivity index (χ3v) is 4.30. The summed E-state index contributed by atoms with van der Waals surface area (Å²) in [5.74, 6) is 0.440. The Morgan fingerprint density at radius 2 is 1.86 bits per heavy atom. The number of anilines is 1. The van der Waals surface area contributed by atoms with Crippen molar-refractivity contribution in [1.82, 2.24) is 0 Å². The smallest absolute Gasteiger partial charge is 0.150 e. The van der Waals surface area contributed by atoms with Gasteiger partial charge in [0.15, 0.2) is 0 Å². The highest BCUT2D eigenvalue weighted by atomic mass is 16.1. The maximum Gasteiger partial charge on any atom is 0.150 e. The van der Waals surface area contributed by atoms with E-state index in [4.69, 9.17) is 5.73 Å². The van der Waals surface area contributed by atoms with Crippen LogP contribution in [0.5, 0.6) is 0 Å². The molecule has 0 radical (unpaired) electrons. The van der Waals surface area contributed by atoms with Crippen molar-refractivity contribution in [1.29, 1.82) is 0 Å². The third-order valence-electron chi connectivity index (χ3n) is 4.30. The molecule has 1 unspecified atom stereocenters. The summed E-state index contributed by atoms with van der Waals surface area (Å²) in [6, 6.07) is 9.79. The molecule has 1 aromatic carbocycles. The van der Waals surface area contributed by atoms with Crippen LogP contribution in [0.3, 0.4) is 0 Å². The highest BCUT2D eigenvalue weighted by molar-refractivity contribution is 6.06. The van der Waals surface area contributed by atoms with E-state index in [1.54, 1.807) is 5.01 Å². The summed E-state index contributed by atoms with van der Waals surface area (Å²) < 4.78 is 0. The van der Waals surface area contributed by atoms with Crippen LogP contribution < -0.4 is 10.7 Å². The number of hydrogen-bond acceptors (Lipinski definition) is 4. The number of hydrazone groups is 1. The van der Waals surface area contributed by atoms with E-state index in [-0.39, 0.29) is 17.6 Å². The van der Waals surface area contributed by atoms with Crippen LogP contribution in [0.1, 0.15) is 32.1 Å². The van der Waals surface area contributed by atoms with Gasteiger partial charge in [0.1, 0.15) is 11.6 Å². The highest BCUT2D eigenvalue weighted by Crippen LogP contribution is 2.28. The molecular weight excluding hydrogens is 262 g/mol. The Bertz CT molecular complexity index is 559. The molecule has 1 heterocycles. The Morgan fingerprint density at radius 3 is 2.52 bits per heavy atom. The molecule has 0 aromatic heterocycles. The molecule has 4 heteroatoms. The fraction of sp³-hybridized carbons (Fsp3) is 0.412. The first-order valence-corrected chi connectivity index (χ1v) is 7.66. The number of amidine groups is 1. The molecule has 4 nitrogen and oxygen atoms in total. The van der Waals surface area contributed by atoms with Gasteiger partial charge in [0.2, 0.25) is 0 Å². The Kier molecular flexibility index (Phi) is 4.04. The van der Waals surface area contributed by atoms with Crippen molar-refractivity contribution in [2.45, 2.75) is 32.1 Å². The van der Waals surface area contributed by atoms with Gasteiger partial charge in [0.05, 0.1) is 11.6 Å². The summed E-state index contributed by atoms with van der Waals surface area (Å²) in [4.78, 5) is 12.6. The number of benzene rings is 1. The van der Waals surface area contributed by atoms with Crippen LogP contribution in [0.2, 0.25) is 0 Å². The second kappa shape index (κ2) is 6.12. The predicted molar refractivity (Wildman–Crippen MR) is 84.8 cm³/mol. The topological polar surface area (TPSA) is 58.7 Å². The molecule has 0 bridgehead atoms. The molecule has 2 aliphatic rings. The summed E-state index contributed by atoms with van der Waals surface area (Å²) in [6.07, 6.45) is 9.27. The molecule has 1 aliphatic carbocycles. The van der Waals surface area contributed by atoms with Gasteiger partial charge in [-0.3, -0.25) is 4.79 Å². The molecular formula is C17H21N3O. The summed E-state index contributed by atoms with van der Waals surface area (Å²) in [7, 11) is 0. The number of Topliss-reactive ketones (excluding diaryl/α,β-unsaturated/α-hetero) is 1. The van der Waals surface area contributed by atoms with Gasteiger partial charge in [-0.2, -0.15) is 5.10 Å². The molecule has 1 aliphatic heterocycles. The largest absolute Gasteiger partial charge is 0.385 e. The number of carbonyl (C=O) groups excluding carboxylic acids is 1. The maximum absolute atomic E-state index is 12.6. The zero-order chi connectivity index (χ0) is 14.7. The lowest BCUT2D eigenvalue weighted by Gasteiger charge is -2.27. The van der Waals surface area contributed by atoms with Crippen molar-refractivity contribution in [2.24, 2.45) is 22.7 Å². The van der Waals surface area contributed by atoms with Gasteiger partial charge in [0.25, 0.3) is 0 Å². The van der Waals surface area contributed by atoms with Crippen LogP contribution in [-0.4, -0.2) is 11.6 Å². The average Bonchev–Trinajstić information content (AvgIpc) is 2.56. The first-order valence-electron chi connectivity index (χ1n) is 7.66. The minimum Gasteiger partial charge on any atom is -0.385 e. The monoisotopic (exact) mass is 283 g/mol. The fourth-order valence-electron chi connectivity index (χ4n) is 3.09. The lowest BCUT2D eigenvalue weighted by atomic mass is 9.81. The normalized spacial score (nSPS) is 23.0. The van der Waals surface area contributed by atoms with E-state index in [2.05, 4.69) is 5.10 Å². The molecule has 1 atom stereocenters. The summed E-state index contributed by atoms with van der Waals surface area (Å²) in [5.41, 5.74) is 7.00. The van der Waals surface area contributed by atoms with Gasteiger partial charge in [0, 0.05) is 12.1 Å². The second-order valence-electron chi connectivity index (χ2n) is 5.76. The summed E-state index contributed by atoms with van der Waals surface area (Å²) in [5, 5.41) is 6.09. The maximum atomic E-state index is 12.6. The van der Waals surface area contributed by atoms with Crippen LogP contribution in [-0.2, 0) is 4.79 Å². The van der Waals surface area contributed by atoms with Crippen LogP contribution >= 0.6 is 0 Å². The number of para-hydroxylation sites is 1. The molecule has 0 amide bonds. The average molecular weight is 283 g/mol. The molecule has 110 valence electrons. The third kappa shape index (κ3) is 2.99. The number of hydrogen-bond donors (Lipinski definition) is 1. The molecule has 1 fully saturated rings. The van der Waals surface area contributed by atoms with Gasteiger partial charge >= 0.3 is 0 Å². The van der Waals surface area contributed by atoms with Crippen molar-refractivity contribution in [3.05, 3.63) is 42.6 Å². The molecule has 1 aromatic rings. The molecule has 0 saturated heterocycles. The molecule has 3 rings (SSSR count). The number of nitrogens with zero attached hydrogens (tertiary/aromatic N) is 2. The van der Waals surface area contributed by atoms with Gasteiger partial charge in [-0.05, 0) is 31.1 Å². The predicted octanol–water partition coefficient (Wildman–Crippen LogP) is 3.06. The summed E-state index contributed by atoms with van der Waals surface area (Å²) >= 11 is 0. The lowest BCUT2D eigenvalue weighted by molar-refractivity contribution is -0.124. The lowest BCUT2D eigenvalue weighted by Crippen LogP contribution is -2.38. The summed E-state index contributed by atoms with van der Waals surface area (Å²) in [6.45, 7) is 0. The van der Waals surface area contributed by atoms with Gasteiger partial charge in [-0.1, -0.05) is 37.5 Å². The van der Waals surface area contributed by atoms with Crippen molar-refractivity contribution < 1.29 is 4.79 Å². The minimum absolute atomic E-state index is 0.158. The van der Waals surface area contributed by atoms with Crippen LogP contribution in [0, 0.1) is 11.8 Å². The zero-order valence-electron chi connectivity index (χ0n) is 12.1. The first-order chi connectivity index (χ1) is 10.3. The highest BCUT2D eigenvalue weighted by Gasteiger charge is 2.30. The number of ketones is 1. The quantitative estimate of drug-likeness (QED) is 0.927. The van der Waals surface area contributed by atoms with E-state index in [0.29, 0.717) is 5.84 Å². The fourth-order valence-corrected chi connectivity index (χ4v) is 3.09. The first kappa shape index (κ1) is 13.9. The number of carbonyl (C=O) groups is 1. The molecule has 21 heavy (non-hydrogen) atoms. The number of nitrogens with two attached hydrogens (primary N) is 1. The van der Waals surface area contributed by atoms with Crippen molar-refractivity contribution in [3.8, 4) is 0 Å². The number of rotatable bonds is 3. The minimum atomic E-state index is -0.354. The Morgan fingerprint density at radius 1 is 1.14 bits per heavy atom. The van der Waals surface area contributed by atoms with E-state index in [1.807, 2.05) is 42.6 Å². The Labute approximate surface area is 125 Å². The van der Waals surface area contributed by atoms with E-state index in [9.17, 15) is 4.79 Å². The standard InChI is InChI=1S/C17H21N3O/c18-17-15(16(21)13-7-3-1-4-8-13)11-12-20(19-17)14-9-5-2-6-10-14/h2,5-6,9-13,15H,1,3-4,7-8H2,(H2,18,19). The van der Waals surface area contributed by atoms with Crippen LogP contribution in [0.25, 0.3) is 0 Å². The van der Waals surface area contributed by atoms with E-state index < -0.39 is 0 Å². The van der Waals surface area contributed by atoms with Gasteiger partial charge in [-0.25, -0.2) is 5.01 Å². The Hall–Kier alpha value is -2.10. The van der Waals surface area contributed by atoms with Crippen LogP contribution in [0.4, 0.5) is 5.69 Å². The van der Waals surface area contributed by atoms with Crippen molar-refractivity contribution in [3.63, 3.8) is 0 Å². The van der Waals surface area contributed by atoms with Crippen molar-refractivity contribution >= 4 is 17.3 Å². The molecule has 1 saturated carbocycles. The Balaban J connectivity index is 1.73. The molecule has 2 N–H and O–H groups in total. The van der Waals surface area contributed by atoms with Crippen LogP contribution in [0.15, 0.2) is 47.7 Å². The molecule has 0 spiro atoms.